The summed E-state index contributed by atoms with van der Waals surface area (Å²) >= 11 is 0. The molecule has 4 nitrogen and oxygen atoms in total. The van der Waals surface area contributed by atoms with E-state index in [1.54, 1.807) is 18.3 Å². The van der Waals surface area contributed by atoms with E-state index in [-0.39, 0.29) is 12.4 Å². The van der Waals surface area contributed by atoms with Crippen molar-refractivity contribution in [1.82, 2.24) is 4.98 Å². The third-order valence-electron chi connectivity index (χ3n) is 2.07. The van der Waals surface area contributed by atoms with Crippen LogP contribution >= 0.6 is 0 Å². The summed E-state index contributed by atoms with van der Waals surface area (Å²) in [6.07, 6.45) is 2.15. The topological polar surface area (TPSA) is 60.1 Å². The van der Waals surface area contributed by atoms with Crippen LogP contribution < -0.4 is 17.1 Å². The van der Waals surface area contributed by atoms with E-state index in [1.165, 1.54) is 6.20 Å². The quantitative estimate of drug-likeness (QED) is 0.396. The van der Waals surface area contributed by atoms with E-state index in [0.29, 0.717) is 5.82 Å². The lowest BCUT2D eigenvalue weighted by atomic mass is 10.1. The summed E-state index contributed by atoms with van der Waals surface area (Å²) in [5.74, 6) is 0.344. The Balaban J connectivity index is 0.00000112. The van der Waals surface area contributed by atoms with E-state index < -0.39 is 6.10 Å². The summed E-state index contributed by atoms with van der Waals surface area (Å²) in [6, 6.07) is 9.14. The number of halogens is 1. The van der Waals surface area contributed by atoms with Crippen LogP contribution in [0.4, 0.5) is 0 Å². The zero-order valence-corrected chi connectivity index (χ0v) is 8.59. The Labute approximate surface area is 93.2 Å². The lowest BCUT2D eigenvalue weighted by molar-refractivity contribution is -0.910. The smallest absolute Gasteiger partial charge is 0.327 e. The molecule has 0 aliphatic heterocycles. The Hall–Kier alpha value is -1.52. The lowest BCUT2D eigenvalue weighted by Crippen LogP contribution is -3.00. The number of aliphatic hydroxyl groups excluding tert-OH is 1. The zero-order valence-electron chi connectivity index (χ0n) is 7.84. The standard InChI is InChI=1S/C10H10N2O2.ClH/c13-9(8-4-2-1-3-5-8)10-11-6-7-12(10)14;/h1-7,9,13-14H;1H. The van der Waals surface area contributed by atoms with Gasteiger partial charge < -0.3 is 22.7 Å². The maximum Gasteiger partial charge on any atom is 0.327 e. The molecule has 1 aromatic carbocycles. The Morgan fingerprint density at radius 1 is 1.20 bits per heavy atom. The first-order valence-corrected chi connectivity index (χ1v) is 4.30. The first kappa shape index (κ1) is 11.6. The Bertz CT molecular complexity index is 416. The van der Waals surface area contributed by atoms with Gasteiger partial charge >= 0.3 is 5.82 Å². The lowest BCUT2D eigenvalue weighted by Gasteiger charge is -2.04. The molecule has 2 rings (SSSR count). The van der Waals surface area contributed by atoms with Crippen LogP contribution in [0.15, 0.2) is 42.7 Å². The van der Waals surface area contributed by atoms with Crippen molar-refractivity contribution in [2.75, 3.05) is 0 Å². The Morgan fingerprint density at radius 2 is 1.87 bits per heavy atom. The molecule has 80 valence electrons. The fourth-order valence-corrected chi connectivity index (χ4v) is 1.34. The van der Waals surface area contributed by atoms with E-state index in [0.717, 1.165) is 10.3 Å². The number of aromatic amines is 1. The largest absolute Gasteiger partial charge is 1.00 e. The van der Waals surface area contributed by atoms with Crippen LogP contribution in [0.5, 0.6) is 0 Å². The van der Waals surface area contributed by atoms with Gasteiger partial charge in [-0.2, -0.15) is 0 Å². The minimum Gasteiger partial charge on any atom is -1.00 e. The van der Waals surface area contributed by atoms with Gasteiger partial charge in [-0.05, 0) is 10.3 Å². The monoisotopic (exact) mass is 226 g/mol. The van der Waals surface area contributed by atoms with Crippen molar-refractivity contribution >= 4 is 0 Å². The van der Waals surface area contributed by atoms with Gasteiger partial charge in [0.2, 0.25) is 0 Å². The molecular formula is C10H11ClN2O2. The van der Waals surface area contributed by atoms with Crippen LogP contribution in [0.2, 0.25) is 0 Å². The van der Waals surface area contributed by atoms with Crippen molar-refractivity contribution < 1.29 is 27.5 Å². The molecule has 0 amide bonds. The van der Waals surface area contributed by atoms with Gasteiger partial charge in [0, 0.05) is 0 Å². The van der Waals surface area contributed by atoms with Gasteiger partial charge in [-0.25, -0.2) is 4.98 Å². The Kier molecular flexibility index (Phi) is 3.71. The van der Waals surface area contributed by atoms with E-state index in [9.17, 15) is 10.3 Å². The van der Waals surface area contributed by atoms with Crippen LogP contribution in [0, 0.1) is 0 Å². The molecule has 0 aliphatic carbocycles. The molecule has 0 spiro atoms. The highest BCUT2D eigenvalue weighted by atomic mass is 35.5. The number of hydrogen-bond acceptors (Lipinski definition) is 2. The van der Waals surface area contributed by atoms with Crippen molar-refractivity contribution in [3.05, 3.63) is 54.1 Å². The van der Waals surface area contributed by atoms with Crippen LogP contribution in [-0.2, 0) is 0 Å². The highest BCUT2D eigenvalue weighted by Gasteiger charge is 2.21. The van der Waals surface area contributed by atoms with Crippen LogP contribution in [0.25, 0.3) is 0 Å². The molecule has 0 saturated carbocycles. The maximum atomic E-state index is 9.85. The number of rotatable bonds is 2. The SMILES string of the molecule is OC(c1ccccc1)c1[nH]cc[n+]1O.[Cl-]. The molecule has 0 fully saturated rings. The van der Waals surface area contributed by atoms with Gasteiger partial charge in [0.25, 0.3) is 0 Å². The van der Waals surface area contributed by atoms with Crippen LogP contribution in [0.1, 0.15) is 17.5 Å². The van der Waals surface area contributed by atoms with E-state index in [2.05, 4.69) is 4.98 Å². The highest BCUT2D eigenvalue weighted by molar-refractivity contribution is 5.20. The predicted octanol–water partition coefficient (Wildman–Crippen LogP) is -2.37. The minimum absolute atomic E-state index is 0. The third kappa shape index (κ3) is 2.29. The molecule has 15 heavy (non-hydrogen) atoms. The second kappa shape index (κ2) is 4.82. The zero-order chi connectivity index (χ0) is 9.97. The number of benzene rings is 1. The number of nitrogens with one attached hydrogen (secondary N) is 1. The van der Waals surface area contributed by atoms with Gasteiger partial charge in [0.15, 0.2) is 12.3 Å². The van der Waals surface area contributed by atoms with Crippen molar-refractivity contribution in [3.8, 4) is 0 Å². The number of aromatic nitrogens is 2. The molecule has 0 saturated heterocycles. The number of nitrogens with zero attached hydrogens (tertiary/aromatic N) is 1. The van der Waals surface area contributed by atoms with Crippen molar-refractivity contribution in [2.45, 2.75) is 6.10 Å². The maximum absolute atomic E-state index is 9.85. The molecule has 3 N–H and O–H groups in total. The van der Waals surface area contributed by atoms with E-state index in [1.807, 2.05) is 18.2 Å². The number of H-pyrrole nitrogens is 1. The molecule has 1 heterocycles. The van der Waals surface area contributed by atoms with E-state index >= 15 is 0 Å². The van der Waals surface area contributed by atoms with Crippen molar-refractivity contribution in [1.29, 1.82) is 0 Å². The van der Waals surface area contributed by atoms with Gasteiger partial charge in [-0.3, -0.25) is 0 Å². The average Bonchev–Trinajstić information content (AvgIpc) is 2.65. The summed E-state index contributed by atoms with van der Waals surface area (Å²) < 4.78 is 0.873. The number of imidazole rings is 1. The molecular weight excluding hydrogens is 216 g/mol. The Morgan fingerprint density at radius 3 is 2.40 bits per heavy atom. The van der Waals surface area contributed by atoms with Gasteiger partial charge in [-0.15, -0.1) is 0 Å². The second-order valence-corrected chi connectivity index (χ2v) is 3.00. The molecule has 1 unspecified atom stereocenters. The molecule has 1 atom stereocenters. The first-order valence-electron chi connectivity index (χ1n) is 4.30. The number of aliphatic hydroxyl groups is 1. The first-order chi connectivity index (χ1) is 6.79. The molecule has 5 heteroatoms. The van der Waals surface area contributed by atoms with Crippen LogP contribution in [0.3, 0.4) is 0 Å². The summed E-state index contributed by atoms with van der Waals surface area (Å²) in [7, 11) is 0. The summed E-state index contributed by atoms with van der Waals surface area (Å²) in [5, 5.41) is 19.2. The predicted molar refractivity (Wildman–Crippen MR) is 48.7 cm³/mol. The molecule has 0 bridgehead atoms. The summed E-state index contributed by atoms with van der Waals surface area (Å²) in [4.78, 5) is 2.77. The van der Waals surface area contributed by atoms with Crippen LogP contribution in [-0.4, -0.2) is 15.3 Å². The molecule has 0 radical (unpaired) electrons. The van der Waals surface area contributed by atoms with Gasteiger partial charge in [0.1, 0.15) is 6.20 Å². The normalized spacial score (nSPS) is 11.8. The summed E-state index contributed by atoms with van der Waals surface area (Å²) in [6.45, 7) is 0. The molecule has 0 aliphatic rings. The molecule has 1 aromatic heterocycles. The second-order valence-electron chi connectivity index (χ2n) is 3.00. The fourth-order valence-electron chi connectivity index (χ4n) is 1.34. The molecule has 2 aromatic rings. The highest BCUT2D eigenvalue weighted by Crippen LogP contribution is 2.16. The summed E-state index contributed by atoms with van der Waals surface area (Å²) in [5.41, 5.74) is 0.734. The number of hydrogen-bond donors (Lipinski definition) is 3. The van der Waals surface area contributed by atoms with Crippen molar-refractivity contribution in [3.63, 3.8) is 0 Å². The van der Waals surface area contributed by atoms with Crippen molar-refractivity contribution in [2.24, 2.45) is 0 Å². The fraction of sp³-hybridized carbons (Fsp3) is 0.100. The van der Waals surface area contributed by atoms with E-state index in [4.69, 9.17) is 0 Å². The van der Waals surface area contributed by atoms with Gasteiger partial charge in [-0.1, -0.05) is 30.3 Å². The third-order valence-corrected chi connectivity index (χ3v) is 2.07. The van der Waals surface area contributed by atoms with Gasteiger partial charge in [0.05, 0.1) is 0 Å². The minimum atomic E-state index is -0.837. The average molecular weight is 227 g/mol.